The molecule has 0 radical (unpaired) electrons. The van der Waals surface area contributed by atoms with Crippen LogP contribution >= 0.6 is 0 Å². The third-order valence-corrected chi connectivity index (χ3v) is 6.01. The summed E-state index contributed by atoms with van der Waals surface area (Å²) in [5.41, 5.74) is 9.16. The molecule has 2 atom stereocenters. The fourth-order valence-electron chi connectivity index (χ4n) is 4.29. The monoisotopic (exact) mass is 428 g/mol. The Labute approximate surface area is 184 Å². The van der Waals surface area contributed by atoms with Gasteiger partial charge in [-0.1, -0.05) is 13.0 Å². The van der Waals surface area contributed by atoms with Gasteiger partial charge in [0.05, 0.1) is 11.0 Å². The molecule has 0 amide bonds. The zero-order valence-corrected chi connectivity index (χ0v) is 18.8. The van der Waals surface area contributed by atoms with Gasteiger partial charge in [-0.15, -0.1) is 4.91 Å². The zero-order valence-electron chi connectivity index (χ0n) is 18.8. The predicted octanol–water partition coefficient (Wildman–Crippen LogP) is 2.96. The summed E-state index contributed by atoms with van der Waals surface area (Å²) in [6, 6.07) is 2.34. The number of aryl methyl sites for hydroxylation is 1. The van der Waals surface area contributed by atoms with Gasteiger partial charge in [0.25, 0.3) is 0 Å². The van der Waals surface area contributed by atoms with Gasteiger partial charge < -0.3 is 16.0 Å². The van der Waals surface area contributed by atoms with Crippen molar-refractivity contribution in [2.75, 3.05) is 38.1 Å². The molecule has 1 aliphatic rings. The lowest BCUT2D eigenvalue weighted by atomic mass is 9.93. The summed E-state index contributed by atoms with van der Waals surface area (Å²) in [7, 11) is 1.71. The lowest BCUT2D eigenvalue weighted by Gasteiger charge is -2.19. The van der Waals surface area contributed by atoms with E-state index in [-0.39, 0.29) is 6.04 Å². The highest BCUT2D eigenvalue weighted by molar-refractivity contribution is 5.54. The van der Waals surface area contributed by atoms with E-state index in [9.17, 15) is 4.91 Å². The number of nitroso groups, excluding NO2 is 1. The average molecular weight is 429 g/mol. The first-order chi connectivity index (χ1) is 15.0. The molecule has 2 aromatic heterocycles. The number of aromatic nitrogens is 3. The topological polar surface area (TPSA) is 104 Å². The van der Waals surface area contributed by atoms with Crippen LogP contribution in [0.15, 0.2) is 30.3 Å². The van der Waals surface area contributed by atoms with Crippen LogP contribution in [-0.2, 0) is 0 Å². The van der Waals surface area contributed by atoms with E-state index in [4.69, 9.17) is 15.8 Å². The van der Waals surface area contributed by atoms with Gasteiger partial charge in [0.15, 0.2) is 5.65 Å². The summed E-state index contributed by atoms with van der Waals surface area (Å²) < 4.78 is 1.90. The minimum atomic E-state index is 0.219. The van der Waals surface area contributed by atoms with Crippen molar-refractivity contribution in [3.05, 3.63) is 41.2 Å². The summed E-state index contributed by atoms with van der Waals surface area (Å²) >= 11 is 0. The number of nitrogens with one attached hydrogen (secondary N) is 1. The smallest absolute Gasteiger partial charge is 0.157 e. The van der Waals surface area contributed by atoms with Crippen LogP contribution in [0.25, 0.3) is 5.65 Å². The first-order valence-corrected chi connectivity index (χ1v) is 11.3. The maximum Gasteiger partial charge on any atom is 0.157 e. The van der Waals surface area contributed by atoms with Crippen molar-refractivity contribution < 1.29 is 0 Å². The molecule has 0 spiro atoms. The summed E-state index contributed by atoms with van der Waals surface area (Å²) in [6.07, 6.45) is 9.91. The van der Waals surface area contributed by atoms with Crippen molar-refractivity contribution in [3.8, 4) is 0 Å². The van der Waals surface area contributed by atoms with E-state index in [0.717, 1.165) is 80.9 Å². The van der Waals surface area contributed by atoms with Gasteiger partial charge in [-0.2, -0.15) is 5.10 Å². The Hall–Kier alpha value is -2.68. The number of unbranched alkanes of at least 4 members (excludes halogenated alkanes) is 1. The fourth-order valence-corrected chi connectivity index (χ4v) is 4.29. The van der Waals surface area contributed by atoms with Crippen LogP contribution in [0, 0.1) is 11.8 Å². The second kappa shape index (κ2) is 11.1. The zero-order chi connectivity index (χ0) is 22.2. The summed E-state index contributed by atoms with van der Waals surface area (Å²) in [5.74, 6) is 1.34. The molecule has 0 aromatic carbocycles. The van der Waals surface area contributed by atoms with Crippen molar-refractivity contribution in [3.63, 3.8) is 0 Å². The maximum absolute atomic E-state index is 10.7. The van der Waals surface area contributed by atoms with Gasteiger partial charge in [0.1, 0.15) is 5.82 Å². The summed E-state index contributed by atoms with van der Waals surface area (Å²) in [4.78, 5) is 17.9. The van der Waals surface area contributed by atoms with Crippen molar-refractivity contribution in [1.29, 1.82) is 0 Å². The molecule has 1 aliphatic heterocycles. The Kier molecular flexibility index (Phi) is 8.22. The second-order valence-corrected chi connectivity index (χ2v) is 8.57. The Morgan fingerprint density at radius 3 is 2.94 bits per heavy atom. The Bertz CT molecular complexity index is 867. The molecule has 1 saturated heterocycles. The molecule has 2 aromatic rings. The van der Waals surface area contributed by atoms with Gasteiger partial charge in [-0.25, -0.2) is 9.50 Å². The maximum atomic E-state index is 10.7. The SMILES string of the molecule is C=CNCCCCC(CCCN(C)N=O)c1cc2nc(N3CCC(N)C3)c(C)cn2n1. The number of rotatable bonds is 13. The van der Waals surface area contributed by atoms with E-state index in [2.05, 4.69) is 41.3 Å². The van der Waals surface area contributed by atoms with E-state index >= 15 is 0 Å². The molecule has 9 nitrogen and oxygen atoms in total. The molecule has 0 bridgehead atoms. The minimum absolute atomic E-state index is 0.219. The highest BCUT2D eigenvalue weighted by atomic mass is 16.3. The number of anilines is 1. The van der Waals surface area contributed by atoms with Crippen LogP contribution in [-0.4, -0.2) is 58.9 Å². The predicted molar refractivity (Wildman–Crippen MR) is 125 cm³/mol. The van der Waals surface area contributed by atoms with Gasteiger partial charge in [0.2, 0.25) is 0 Å². The molecule has 2 unspecified atom stereocenters. The number of nitrogens with zero attached hydrogens (tertiary/aromatic N) is 6. The highest BCUT2D eigenvalue weighted by Gasteiger charge is 2.23. The molecule has 1 fully saturated rings. The van der Waals surface area contributed by atoms with Crippen LogP contribution in [0.3, 0.4) is 0 Å². The number of hydrogen-bond acceptors (Lipinski definition) is 7. The highest BCUT2D eigenvalue weighted by Crippen LogP contribution is 2.29. The first-order valence-electron chi connectivity index (χ1n) is 11.3. The van der Waals surface area contributed by atoms with Crippen LogP contribution in [0.2, 0.25) is 0 Å². The lowest BCUT2D eigenvalue weighted by Crippen LogP contribution is -2.27. The second-order valence-electron chi connectivity index (χ2n) is 8.57. The molecule has 3 rings (SSSR count). The Morgan fingerprint density at radius 2 is 2.23 bits per heavy atom. The van der Waals surface area contributed by atoms with Gasteiger partial charge in [-0.3, -0.25) is 5.01 Å². The van der Waals surface area contributed by atoms with Crippen molar-refractivity contribution in [2.45, 2.75) is 57.4 Å². The van der Waals surface area contributed by atoms with Crippen molar-refractivity contribution in [1.82, 2.24) is 24.9 Å². The molecule has 170 valence electrons. The van der Waals surface area contributed by atoms with Crippen LogP contribution in [0.1, 0.15) is 55.7 Å². The molecule has 0 aliphatic carbocycles. The van der Waals surface area contributed by atoms with Crippen LogP contribution in [0.4, 0.5) is 5.82 Å². The van der Waals surface area contributed by atoms with Crippen LogP contribution in [0.5, 0.6) is 0 Å². The number of hydrogen-bond donors (Lipinski definition) is 2. The Balaban J connectivity index is 1.75. The van der Waals surface area contributed by atoms with Gasteiger partial charge in [-0.05, 0) is 45.2 Å². The number of fused-ring (bicyclic) bond motifs is 1. The molecule has 0 saturated carbocycles. The van der Waals surface area contributed by atoms with Crippen LogP contribution < -0.4 is 16.0 Å². The third kappa shape index (κ3) is 6.16. The molecular weight excluding hydrogens is 392 g/mol. The van der Waals surface area contributed by atoms with Gasteiger partial charge in [0, 0.05) is 63.0 Å². The molecular formula is C22H36N8O. The van der Waals surface area contributed by atoms with E-state index in [1.165, 1.54) is 5.01 Å². The largest absolute Gasteiger partial charge is 0.391 e. The quantitative estimate of drug-likeness (QED) is 0.287. The van der Waals surface area contributed by atoms with E-state index < -0.39 is 0 Å². The van der Waals surface area contributed by atoms with Gasteiger partial charge >= 0.3 is 0 Å². The summed E-state index contributed by atoms with van der Waals surface area (Å²) in [5, 5.41) is 12.5. The standard InChI is InChI=1S/C22H36N8O/c1-4-24-11-6-5-8-18(9-7-12-28(3)27-31)20-14-21-25-22(17(2)15-30(21)26-20)29-13-10-19(23)16-29/h4,14-15,18-19,24H,1,5-13,16,23H2,2-3H3. The van der Waals surface area contributed by atoms with E-state index in [0.29, 0.717) is 12.5 Å². The first kappa shape index (κ1) is 23.0. The average Bonchev–Trinajstić information content (AvgIpc) is 3.37. The Morgan fingerprint density at radius 1 is 1.42 bits per heavy atom. The number of nitrogens with two attached hydrogens (primary N) is 1. The lowest BCUT2D eigenvalue weighted by molar-refractivity contribution is 0.330. The van der Waals surface area contributed by atoms with Crippen molar-refractivity contribution in [2.24, 2.45) is 11.0 Å². The molecule has 3 N–H and O–H groups in total. The molecule has 31 heavy (non-hydrogen) atoms. The molecule has 3 heterocycles. The van der Waals surface area contributed by atoms with E-state index in [1.807, 2.05) is 4.52 Å². The third-order valence-electron chi connectivity index (χ3n) is 6.01. The van der Waals surface area contributed by atoms with Crippen molar-refractivity contribution >= 4 is 11.5 Å². The van der Waals surface area contributed by atoms with E-state index in [1.54, 1.807) is 13.2 Å². The summed E-state index contributed by atoms with van der Waals surface area (Å²) in [6.45, 7) is 9.17. The fraction of sp³-hybridized carbons (Fsp3) is 0.636. The minimum Gasteiger partial charge on any atom is -0.391 e. The normalized spacial score (nSPS) is 17.1. The molecule has 9 heteroatoms.